The molecule has 115 heavy (non-hydrogen) atoms. The molecule has 24 rings (SSSR count). The number of fused-ring (bicyclic) bond motifs is 16. The van der Waals surface area contributed by atoms with Crippen molar-refractivity contribution in [3.8, 4) is 100 Å². The van der Waals surface area contributed by atoms with Crippen molar-refractivity contribution in [2.45, 2.75) is 0 Å². The average Bonchev–Trinajstić information content (AvgIpc) is 1.67. The Kier molecular flexibility index (Phi) is 14.5. The number of para-hydroxylation sites is 2. The molecule has 0 radical (unpaired) electrons. The molecular weight excluding hydrogens is 1390 g/mol. The second-order valence-corrected chi connectivity index (χ2v) is 31.1. The van der Waals surface area contributed by atoms with Crippen LogP contribution in [0, 0.1) is 0 Å². The first kappa shape index (κ1) is 64.8. The second kappa shape index (κ2) is 25.8. The smallest absolute Gasteiger partial charge is 0.143 e. The number of furan rings is 1. The van der Waals surface area contributed by atoms with Crippen LogP contribution in [0.15, 0.2) is 417 Å². The molecule has 1 heterocycles. The zero-order valence-electron chi connectivity index (χ0n) is 62.7. The lowest BCUT2D eigenvalue weighted by Gasteiger charge is -2.20. The SMILES string of the molecule is c1cc(-c2ccc3c(-c4c5ccccc5c(-c5ccc6cc(-c7ccc8cc(-c9c%10ccccc%10c(-c%10cccc%11c%10oc%10ccccc%10%11)c%10ccccc9%10)c9ccccc9c8c7)ccc6c5)c5ccccc45)cccc3c2)cc(-c2cc(-c3c4ccccc4c(-c4ccc5ccccc5c4)c4ccccc34)c3ccccc3c2)c1. The molecule has 24 aromatic rings. The number of rotatable bonds is 9. The summed E-state index contributed by atoms with van der Waals surface area (Å²) in [4.78, 5) is 0. The van der Waals surface area contributed by atoms with Crippen LogP contribution in [0.1, 0.15) is 0 Å². The highest BCUT2D eigenvalue weighted by Gasteiger charge is 2.26. The summed E-state index contributed by atoms with van der Waals surface area (Å²) < 4.78 is 6.74. The molecule has 0 aliphatic rings. The molecule has 0 aliphatic heterocycles. The van der Waals surface area contributed by atoms with E-state index in [-0.39, 0.29) is 0 Å². The standard InChI is InChI=1S/C114H68O/c1-2-25-70-63-81(56-50-69(70)24-1)108-92-36-9-13-40-96(92)112(97-41-14-10-37-93(97)108)105-68-83(65-78-26-3-4-30-84(78)105)72-28-21-27-71(60-72)76-58-59-85-79(62-76)29-22-46-89(85)110-94-38-11-7-34-90(94)109(91-35-8-12-39-95(91)110)82-57-54-73-61-74(51-52-75(73)64-82)77-53-55-80-67-106(87-32-6-5-31-86(87)104(80)66-77)113-100-44-17-15-42-98(100)111(99-43-16-18-45-101(99)113)103-48-23-47-102-88-33-19-20-49-107(88)115-114(102)103/h1-68H. The van der Waals surface area contributed by atoms with Gasteiger partial charge in [0.15, 0.2) is 0 Å². The van der Waals surface area contributed by atoms with Crippen LogP contribution in [0.3, 0.4) is 0 Å². The van der Waals surface area contributed by atoms with E-state index in [4.69, 9.17) is 4.42 Å². The maximum absolute atomic E-state index is 6.74. The first-order valence-corrected chi connectivity index (χ1v) is 39.9. The minimum atomic E-state index is 0.901. The van der Waals surface area contributed by atoms with Gasteiger partial charge in [0.1, 0.15) is 11.2 Å². The Labute approximate surface area is 663 Å². The Morgan fingerprint density at radius 2 is 0.435 bits per heavy atom. The second-order valence-electron chi connectivity index (χ2n) is 31.1. The summed E-state index contributed by atoms with van der Waals surface area (Å²) in [5.41, 5.74) is 23.6. The van der Waals surface area contributed by atoms with Gasteiger partial charge in [0.05, 0.1) is 0 Å². The Hall–Kier alpha value is -15.0. The van der Waals surface area contributed by atoms with E-state index in [0.29, 0.717) is 0 Å². The van der Waals surface area contributed by atoms with Crippen LogP contribution in [0.4, 0.5) is 0 Å². The lowest BCUT2D eigenvalue weighted by Crippen LogP contribution is -1.93. The van der Waals surface area contributed by atoms with E-state index >= 15 is 0 Å². The van der Waals surface area contributed by atoms with Gasteiger partial charge in [-0.3, -0.25) is 0 Å². The van der Waals surface area contributed by atoms with Crippen LogP contribution in [0.25, 0.3) is 251 Å². The van der Waals surface area contributed by atoms with Crippen molar-refractivity contribution in [1.29, 1.82) is 0 Å². The quantitative estimate of drug-likeness (QED) is 0.104. The van der Waals surface area contributed by atoms with Gasteiger partial charge in [0.2, 0.25) is 0 Å². The van der Waals surface area contributed by atoms with Gasteiger partial charge in [0.25, 0.3) is 0 Å². The lowest BCUT2D eigenvalue weighted by atomic mass is 9.83. The molecule has 23 aromatic carbocycles. The molecule has 0 unspecified atom stereocenters. The predicted octanol–water partition coefficient (Wildman–Crippen LogP) is 32.4. The van der Waals surface area contributed by atoms with Crippen LogP contribution in [0.5, 0.6) is 0 Å². The van der Waals surface area contributed by atoms with E-state index in [1.165, 1.54) is 224 Å². The van der Waals surface area contributed by atoms with E-state index < -0.39 is 0 Å². The Bertz CT molecular complexity index is 8120. The van der Waals surface area contributed by atoms with E-state index in [1.807, 2.05) is 0 Å². The molecule has 0 saturated heterocycles. The van der Waals surface area contributed by atoms with Crippen molar-refractivity contribution in [2.24, 2.45) is 0 Å². The first-order valence-electron chi connectivity index (χ1n) is 39.9. The zero-order valence-corrected chi connectivity index (χ0v) is 62.7. The topological polar surface area (TPSA) is 13.1 Å². The third-order valence-corrected chi connectivity index (χ3v) is 24.9. The van der Waals surface area contributed by atoms with Crippen LogP contribution in [0.2, 0.25) is 0 Å². The minimum Gasteiger partial charge on any atom is -0.455 e. The molecule has 530 valence electrons. The van der Waals surface area contributed by atoms with Gasteiger partial charge >= 0.3 is 0 Å². The third kappa shape index (κ3) is 10.2. The Morgan fingerprint density at radius 1 is 0.122 bits per heavy atom. The van der Waals surface area contributed by atoms with Gasteiger partial charge < -0.3 is 4.42 Å². The van der Waals surface area contributed by atoms with Gasteiger partial charge in [-0.25, -0.2) is 0 Å². The zero-order chi connectivity index (χ0) is 75.3. The molecule has 0 N–H and O–H groups in total. The third-order valence-electron chi connectivity index (χ3n) is 24.9. The molecule has 0 bridgehead atoms. The number of hydrogen-bond donors (Lipinski definition) is 0. The molecule has 1 nitrogen and oxygen atoms in total. The summed E-state index contributed by atoms with van der Waals surface area (Å²) in [6.45, 7) is 0. The summed E-state index contributed by atoms with van der Waals surface area (Å²) in [5, 5.41) is 31.7. The summed E-state index contributed by atoms with van der Waals surface area (Å²) in [7, 11) is 0. The van der Waals surface area contributed by atoms with Crippen molar-refractivity contribution in [3.63, 3.8) is 0 Å². The highest BCUT2D eigenvalue weighted by molar-refractivity contribution is 6.30. The van der Waals surface area contributed by atoms with E-state index in [0.717, 1.165) is 27.5 Å². The van der Waals surface area contributed by atoms with Crippen LogP contribution in [-0.4, -0.2) is 0 Å². The Morgan fingerprint density at radius 3 is 1.01 bits per heavy atom. The van der Waals surface area contributed by atoms with E-state index in [2.05, 4.69) is 413 Å². The Balaban J connectivity index is 0.569. The maximum atomic E-state index is 6.74. The number of benzene rings is 23. The molecule has 0 atom stereocenters. The fourth-order valence-corrected chi connectivity index (χ4v) is 19.8. The van der Waals surface area contributed by atoms with Gasteiger partial charge in [-0.1, -0.05) is 352 Å². The van der Waals surface area contributed by atoms with E-state index in [9.17, 15) is 0 Å². The normalized spacial score (nSPS) is 12.0. The molecule has 0 spiro atoms. The van der Waals surface area contributed by atoms with Gasteiger partial charge in [-0.05, 0) is 279 Å². The largest absolute Gasteiger partial charge is 0.455 e. The molecule has 0 fully saturated rings. The van der Waals surface area contributed by atoms with Crippen LogP contribution >= 0.6 is 0 Å². The fourth-order valence-electron chi connectivity index (χ4n) is 19.8. The van der Waals surface area contributed by atoms with Crippen molar-refractivity contribution in [2.75, 3.05) is 0 Å². The highest BCUT2D eigenvalue weighted by Crippen LogP contribution is 2.53. The van der Waals surface area contributed by atoms with Crippen LogP contribution in [-0.2, 0) is 0 Å². The molecule has 1 heteroatoms. The average molecular weight is 1450 g/mol. The number of hydrogen-bond acceptors (Lipinski definition) is 1. The van der Waals surface area contributed by atoms with Gasteiger partial charge in [0, 0.05) is 21.9 Å². The maximum Gasteiger partial charge on any atom is 0.143 e. The van der Waals surface area contributed by atoms with Crippen molar-refractivity contribution in [3.05, 3.63) is 413 Å². The molecule has 1 aromatic heterocycles. The van der Waals surface area contributed by atoms with Crippen molar-refractivity contribution >= 4 is 151 Å². The van der Waals surface area contributed by atoms with Crippen molar-refractivity contribution < 1.29 is 4.42 Å². The van der Waals surface area contributed by atoms with Crippen LogP contribution < -0.4 is 0 Å². The first-order chi connectivity index (χ1) is 57.0. The fraction of sp³-hybridized carbons (Fsp3) is 0. The van der Waals surface area contributed by atoms with Gasteiger partial charge in [-0.15, -0.1) is 0 Å². The summed E-state index contributed by atoms with van der Waals surface area (Å²) in [6.07, 6.45) is 0. The molecule has 0 amide bonds. The van der Waals surface area contributed by atoms with Crippen molar-refractivity contribution in [1.82, 2.24) is 0 Å². The predicted molar refractivity (Wildman–Crippen MR) is 493 cm³/mol. The summed E-state index contributed by atoms with van der Waals surface area (Å²) >= 11 is 0. The lowest BCUT2D eigenvalue weighted by molar-refractivity contribution is 0.670. The molecular formula is C114H68O. The monoisotopic (exact) mass is 1450 g/mol. The molecule has 0 aliphatic carbocycles. The summed E-state index contributed by atoms with van der Waals surface area (Å²) in [6, 6.07) is 154. The van der Waals surface area contributed by atoms with Gasteiger partial charge in [-0.2, -0.15) is 0 Å². The minimum absolute atomic E-state index is 0.901. The summed E-state index contributed by atoms with van der Waals surface area (Å²) in [5.74, 6) is 0. The van der Waals surface area contributed by atoms with E-state index in [1.54, 1.807) is 0 Å². The highest BCUT2D eigenvalue weighted by atomic mass is 16.3. The molecule has 0 saturated carbocycles.